The molecule has 1 saturated heterocycles. The molecule has 0 aromatic heterocycles. The van der Waals surface area contributed by atoms with E-state index in [1.807, 2.05) is 0 Å². The predicted octanol–water partition coefficient (Wildman–Crippen LogP) is 3.04. The Balaban J connectivity index is 1.87. The number of nitrogens with one attached hydrogen (secondary N) is 2. The topological polar surface area (TPSA) is 59.3 Å². The van der Waals surface area contributed by atoms with Gasteiger partial charge in [0.2, 0.25) is 0 Å². The van der Waals surface area contributed by atoms with Crippen LogP contribution in [0.4, 0.5) is 11.4 Å². The Morgan fingerprint density at radius 2 is 2.11 bits per heavy atom. The highest BCUT2D eigenvalue weighted by Crippen LogP contribution is 2.31. The zero-order valence-corrected chi connectivity index (χ0v) is 12.5. The largest absolute Gasteiger partial charge is 0.396 e. The summed E-state index contributed by atoms with van der Waals surface area (Å²) in [7, 11) is 0. The predicted molar refractivity (Wildman–Crippen MR) is 84.1 cm³/mol. The number of benzene rings is 1. The lowest BCUT2D eigenvalue weighted by molar-refractivity contribution is 0.114. The van der Waals surface area contributed by atoms with E-state index in [0.717, 1.165) is 19.4 Å². The summed E-state index contributed by atoms with van der Waals surface area (Å²) in [5, 5.41) is 7.43. The summed E-state index contributed by atoms with van der Waals surface area (Å²) in [6.07, 6.45) is 2.41. The van der Waals surface area contributed by atoms with E-state index in [1.54, 1.807) is 12.1 Å². The second-order valence-electron chi connectivity index (χ2n) is 4.32. The van der Waals surface area contributed by atoms with Gasteiger partial charge in [-0.3, -0.25) is 0 Å². The van der Waals surface area contributed by atoms with Crippen molar-refractivity contribution in [3.63, 3.8) is 0 Å². The summed E-state index contributed by atoms with van der Waals surface area (Å²) in [6.45, 7) is 1.53. The standard InChI is InChI=1S/C12H15Cl2N3OS/c13-9-4-7(5-10(14)11(9)15)17-12(19)16-6-8-2-1-3-18-8/h4-5,8H,1-3,6,15H2,(H2,16,17,19)/t8-/m1/s1. The summed E-state index contributed by atoms with van der Waals surface area (Å²) in [4.78, 5) is 0. The van der Waals surface area contributed by atoms with Crippen molar-refractivity contribution in [1.29, 1.82) is 0 Å². The molecular formula is C12H15Cl2N3OS. The number of hydrogen-bond acceptors (Lipinski definition) is 3. The van der Waals surface area contributed by atoms with E-state index in [2.05, 4.69) is 10.6 Å². The van der Waals surface area contributed by atoms with Gasteiger partial charge in [0.15, 0.2) is 5.11 Å². The lowest BCUT2D eigenvalue weighted by atomic mass is 10.2. The quantitative estimate of drug-likeness (QED) is 0.590. The smallest absolute Gasteiger partial charge is 0.170 e. The van der Waals surface area contributed by atoms with Gasteiger partial charge in [0.25, 0.3) is 0 Å². The molecule has 1 aromatic rings. The van der Waals surface area contributed by atoms with Crippen LogP contribution in [0, 0.1) is 0 Å². The van der Waals surface area contributed by atoms with Crippen LogP contribution >= 0.6 is 35.4 Å². The second kappa shape index (κ2) is 6.61. The first-order valence-electron chi connectivity index (χ1n) is 5.97. The van der Waals surface area contributed by atoms with Crippen LogP contribution in [0.5, 0.6) is 0 Å². The number of rotatable bonds is 3. The molecule has 4 N–H and O–H groups in total. The highest BCUT2D eigenvalue weighted by atomic mass is 35.5. The van der Waals surface area contributed by atoms with Gasteiger partial charge >= 0.3 is 0 Å². The van der Waals surface area contributed by atoms with Gasteiger partial charge in [-0.1, -0.05) is 23.2 Å². The first-order chi connectivity index (χ1) is 9.06. The van der Waals surface area contributed by atoms with Crippen molar-refractivity contribution < 1.29 is 4.74 Å². The summed E-state index contributed by atoms with van der Waals surface area (Å²) in [6, 6.07) is 3.37. The zero-order valence-electron chi connectivity index (χ0n) is 10.2. The molecule has 0 unspecified atom stereocenters. The molecule has 19 heavy (non-hydrogen) atoms. The van der Waals surface area contributed by atoms with Crippen LogP contribution < -0.4 is 16.4 Å². The SMILES string of the molecule is Nc1c(Cl)cc(NC(=S)NC[C@H]2CCCO2)cc1Cl. The lowest BCUT2D eigenvalue weighted by Gasteiger charge is -2.14. The van der Waals surface area contributed by atoms with E-state index >= 15 is 0 Å². The maximum absolute atomic E-state index is 5.95. The summed E-state index contributed by atoms with van der Waals surface area (Å²) in [5.74, 6) is 0. The minimum absolute atomic E-state index is 0.235. The van der Waals surface area contributed by atoms with Gasteiger partial charge in [0.1, 0.15) is 0 Å². The van der Waals surface area contributed by atoms with Crippen molar-refractivity contribution in [3.05, 3.63) is 22.2 Å². The van der Waals surface area contributed by atoms with Gasteiger partial charge in [0, 0.05) is 18.8 Å². The summed E-state index contributed by atoms with van der Waals surface area (Å²) >= 11 is 17.1. The number of halogens is 2. The number of ether oxygens (including phenoxy) is 1. The molecule has 1 aliphatic heterocycles. The van der Waals surface area contributed by atoms with E-state index in [-0.39, 0.29) is 6.10 Å². The second-order valence-corrected chi connectivity index (χ2v) is 5.55. The highest BCUT2D eigenvalue weighted by Gasteiger charge is 2.15. The van der Waals surface area contributed by atoms with Crippen molar-refractivity contribution >= 4 is 51.9 Å². The van der Waals surface area contributed by atoms with Crippen molar-refractivity contribution in [2.24, 2.45) is 0 Å². The van der Waals surface area contributed by atoms with Gasteiger partial charge in [-0.15, -0.1) is 0 Å². The van der Waals surface area contributed by atoms with Gasteiger partial charge in [-0.2, -0.15) is 0 Å². The monoisotopic (exact) mass is 319 g/mol. The Kier molecular flexibility index (Phi) is 5.10. The molecule has 0 saturated carbocycles. The average Bonchev–Trinajstić information content (AvgIpc) is 2.86. The third-order valence-electron chi connectivity index (χ3n) is 2.85. The molecular weight excluding hydrogens is 305 g/mol. The fourth-order valence-corrected chi connectivity index (χ4v) is 2.53. The van der Waals surface area contributed by atoms with Crippen molar-refractivity contribution in [1.82, 2.24) is 5.32 Å². The average molecular weight is 320 g/mol. The maximum Gasteiger partial charge on any atom is 0.170 e. The molecule has 0 bridgehead atoms. The van der Waals surface area contributed by atoms with Gasteiger partial charge in [-0.05, 0) is 37.2 Å². The van der Waals surface area contributed by atoms with Crippen molar-refractivity contribution in [2.75, 3.05) is 24.2 Å². The van der Waals surface area contributed by atoms with Crippen molar-refractivity contribution in [3.8, 4) is 0 Å². The first kappa shape index (κ1) is 14.7. The summed E-state index contributed by atoms with van der Waals surface area (Å²) in [5.41, 5.74) is 6.74. The minimum Gasteiger partial charge on any atom is -0.396 e. The molecule has 0 amide bonds. The van der Waals surface area contributed by atoms with Gasteiger partial charge in [-0.25, -0.2) is 0 Å². The van der Waals surface area contributed by atoms with Crippen LogP contribution in [0.2, 0.25) is 10.0 Å². The Morgan fingerprint density at radius 3 is 2.68 bits per heavy atom. The third kappa shape index (κ3) is 4.11. The van der Waals surface area contributed by atoms with Crippen LogP contribution in [0.1, 0.15) is 12.8 Å². The van der Waals surface area contributed by atoms with E-state index in [9.17, 15) is 0 Å². The van der Waals surface area contributed by atoms with Crippen LogP contribution in [0.3, 0.4) is 0 Å². The number of anilines is 2. The highest BCUT2D eigenvalue weighted by molar-refractivity contribution is 7.80. The van der Waals surface area contributed by atoms with Crippen molar-refractivity contribution in [2.45, 2.75) is 18.9 Å². The van der Waals surface area contributed by atoms with Gasteiger partial charge < -0.3 is 21.1 Å². The van der Waals surface area contributed by atoms with E-state index < -0.39 is 0 Å². The molecule has 2 rings (SSSR count). The molecule has 0 radical (unpaired) electrons. The number of thiocarbonyl (C=S) groups is 1. The van der Waals surface area contributed by atoms with Gasteiger partial charge in [0.05, 0.1) is 21.8 Å². The number of nitrogen functional groups attached to an aromatic ring is 1. The Morgan fingerprint density at radius 1 is 1.42 bits per heavy atom. The normalized spacial score (nSPS) is 18.3. The molecule has 4 nitrogen and oxygen atoms in total. The number of hydrogen-bond donors (Lipinski definition) is 3. The van der Waals surface area contributed by atoms with Crippen LogP contribution in [-0.2, 0) is 4.74 Å². The molecule has 1 atom stereocenters. The third-order valence-corrected chi connectivity index (χ3v) is 3.72. The van der Waals surface area contributed by atoms with E-state index in [0.29, 0.717) is 33.1 Å². The maximum atomic E-state index is 5.95. The van der Waals surface area contributed by atoms with Crippen LogP contribution in [-0.4, -0.2) is 24.4 Å². The van der Waals surface area contributed by atoms with Crippen LogP contribution in [0.15, 0.2) is 12.1 Å². The minimum atomic E-state index is 0.235. The molecule has 0 aliphatic carbocycles. The molecule has 7 heteroatoms. The molecule has 104 valence electrons. The molecule has 1 fully saturated rings. The molecule has 1 aromatic carbocycles. The molecule has 1 aliphatic rings. The fourth-order valence-electron chi connectivity index (χ4n) is 1.84. The van der Waals surface area contributed by atoms with Crippen LogP contribution in [0.25, 0.3) is 0 Å². The summed E-state index contributed by atoms with van der Waals surface area (Å²) < 4.78 is 5.50. The fraction of sp³-hybridized carbons (Fsp3) is 0.417. The Bertz CT molecular complexity index is 455. The van der Waals surface area contributed by atoms with E-state index in [1.165, 1.54) is 0 Å². The number of nitrogens with two attached hydrogens (primary N) is 1. The Labute approximate surface area is 127 Å². The zero-order chi connectivity index (χ0) is 13.8. The first-order valence-corrected chi connectivity index (χ1v) is 7.13. The lowest BCUT2D eigenvalue weighted by Crippen LogP contribution is -2.34. The molecule has 1 heterocycles. The van der Waals surface area contributed by atoms with E-state index in [4.69, 9.17) is 45.9 Å². The Hall–Kier alpha value is -0.750. The molecule has 0 spiro atoms.